The first-order valence-electron chi connectivity index (χ1n) is 11.6. The number of hydrazone groups is 1. The fourth-order valence-electron chi connectivity index (χ4n) is 5.14. The molecule has 0 bridgehead atoms. The molecule has 1 aromatic heterocycles. The molecule has 3 aliphatic rings. The second kappa shape index (κ2) is 9.35. The average Bonchev–Trinajstić information content (AvgIpc) is 2.89. The van der Waals surface area contributed by atoms with Crippen LogP contribution in [-0.4, -0.2) is 72.1 Å². The Bertz CT molecular complexity index is 1020. The quantitative estimate of drug-likeness (QED) is 0.692. The summed E-state index contributed by atoms with van der Waals surface area (Å²) in [6, 6.07) is 7.72. The molecule has 33 heavy (non-hydrogen) atoms. The van der Waals surface area contributed by atoms with E-state index in [0.717, 1.165) is 56.0 Å². The van der Waals surface area contributed by atoms with E-state index in [2.05, 4.69) is 19.9 Å². The van der Waals surface area contributed by atoms with Crippen molar-refractivity contribution < 1.29 is 14.3 Å². The summed E-state index contributed by atoms with van der Waals surface area (Å²) >= 11 is 0. The number of methoxy groups -OCH3 is 2. The molecular formula is C24H30N6O3. The molecular weight excluding hydrogens is 420 g/mol. The second-order valence-electron chi connectivity index (χ2n) is 8.67. The van der Waals surface area contributed by atoms with Crippen LogP contribution in [-0.2, 0) is 4.79 Å². The van der Waals surface area contributed by atoms with E-state index in [4.69, 9.17) is 14.6 Å². The first-order valence-corrected chi connectivity index (χ1v) is 11.6. The lowest BCUT2D eigenvalue weighted by molar-refractivity contribution is -0.159. The van der Waals surface area contributed by atoms with Crippen LogP contribution in [0.5, 0.6) is 11.5 Å². The summed E-state index contributed by atoms with van der Waals surface area (Å²) in [4.78, 5) is 24.4. The number of piperazine rings is 1. The third-order valence-corrected chi connectivity index (χ3v) is 6.87. The summed E-state index contributed by atoms with van der Waals surface area (Å²) in [5.41, 5.74) is 1.95. The zero-order valence-electron chi connectivity index (χ0n) is 19.2. The molecule has 2 aliphatic heterocycles. The zero-order chi connectivity index (χ0) is 22.8. The molecule has 5 rings (SSSR count). The average molecular weight is 451 g/mol. The van der Waals surface area contributed by atoms with Crippen molar-refractivity contribution in [1.82, 2.24) is 20.1 Å². The van der Waals surface area contributed by atoms with Gasteiger partial charge in [-0.25, -0.2) is 9.97 Å². The normalized spacial score (nSPS) is 23.7. The van der Waals surface area contributed by atoms with Crippen molar-refractivity contribution >= 4 is 17.6 Å². The van der Waals surface area contributed by atoms with E-state index in [1.165, 1.54) is 0 Å². The van der Waals surface area contributed by atoms with Crippen molar-refractivity contribution in [2.45, 2.75) is 25.7 Å². The minimum Gasteiger partial charge on any atom is -0.493 e. The summed E-state index contributed by atoms with van der Waals surface area (Å²) in [5, 5.41) is 8.65. The molecule has 174 valence electrons. The SMILES string of the molecule is COc1ccc(C2=NN(N3CCN(c4ncccn4)CC3)C(=O)C3CCCCC23)cc1OC. The number of amides is 1. The Morgan fingerprint density at radius 3 is 2.30 bits per heavy atom. The van der Waals surface area contributed by atoms with Gasteiger partial charge in [0.1, 0.15) is 0 Å². The van der Waals surface area contributed by atoms with Crippen LogP contribution >= 0.6 is 0 Å². The Labute approximate surface area is 194 Å². The molecule has 1 saturated carbocycles. The Balaban J connectivity index is 1.43. The van der Waals surface area contributed by atoms with Gasteiger partial charge in [-0.15, -0.1) is 0 Å². The zero-order valence-corrected chi connectivity index (χ0v) is 19.2. The van der Waals surface area contributed by atoms with Crippen molar-refractivity contribution in [1.29, 1.82) is 0 Å². The highest BCUT2D eigenvalue weighted by atomic mass is 16.5. The summed E-state index contributed by atoms with van der Waals surface area (Å²) in [6.45, 7) is 2.85. The molecule has 1 aliphatic carbocycles. The van der Waals surface area contributed by atoms with Gasteiger partial charge in [0.15, 0.2) is 11.5 Å². The smallest absolute Gasteiger partial charge is 0.261 e. The largest absolute Gasteiger partial charge is 0.493 e. The highest BCUT2D eigenvalue weighted by Crippen LogP contribution is 2.39. The molecule has 9 heteroatoms. The molecule has 0 spiro atoms. The van der Waals surface area contributed by atoms with Crippen molar-refractivity contribution in [3.05, 3.63) is 42.2 Å². The molecule has 9 nitrogen and oxygen atoms in total. The van der Waals surface area contributed by atoms with Gasteiger partial charge in [-0.3, -0.25) is 4.79 Å². The summed E-state index contributed by atoms with van der Waals surface area (Å²) in [6.07, 6.45) is 7.60. The number of hydrogen-bond acceptors (Lipinski definition) is 8. The van der Waals surface area contributed by atoms with Crippen molar-refractivity contribution in [2.75, 3.05) is 45.3 Å². The predicted octanol–water partition coefficient (Wildman–Crippen LogP) is 2.58. The monoisotopic (exact) mass is 450 g/mol. The molecule has 1 aromatic carbocycles. The summed E-state index contributed by atoms with van der Waals surface area (Å²) in [7, 11) is 3.27. The highest BCUT2D eigenvalue weighted by Gasteiger charge is 2.43. The van der Waals surface area contributed by atoms with E-state index in [1.807, 2.05) is 24.3 Å². The number of carbonyl (C=O) groups is 1. The first-order chi connectivity index (χ1) is 16.2. The van der Waals surface area contributed by atoms with Crippen LogP contribution in [0.3, 0.4) is 0 Å². The molecule has 0 N–H and O–H groups in total. The van der Waals surface area contributed by atoms with Crippen molar-refractivity contribution in [3.63, 3.8) is 0 Å². The van der Waals surface area contributed by atoms with E-state index in [9.17, 15) is 4.79 Å². The van der Waals surface area contributed by atoms with E-state index in [0.29, 0.717) is 24.6 Å². The fourth-order valence-corrected chi connectivity index (χ4v) is 5.14. The van der Waals surface area contributed by atoms with Gasteiger partial charge in [-0.2, -0.15) is 15.2 Å². The van der Waals surface area contributed by atoms with Crippen LogP contribution in [0.15, 0.2) is 41.8 Å². The fraction of sp³-hybridized carbons (Fsp3) is 0.500. The van der Waals surface area contributed by atoms with Gasteiger partial charge in [-0.05, 0) is 37.1 Å². The van der Waals surface area contributed by atoms with Crippen LogP contribution in [0, 0.1) is 11.8 Å². The molecule has 1 amide bonds. The van der Waals surface area contributed by atoms with Gasteiger partial charge in [0.05, 0.1) is 19.9 Å². The number of ether oxygens (including phenoxy) is 2. The Morgan fingerprint density at radius 2 is 1.61 bits per heavy atom. The van der Waals surface area contributed by atoms with Crippen LogP contribution < -0.4 is 14.4 Å². The van der Waals surface area contributed by atoms with Gasteiger partial charge in [0.25, 0.3) is 5.91 Å². The van der Waals surface area contributed by atoms with E-state index >= 15 is 0 Å². The molecule has 2 atom stereocenters. The second-order valence-corrected chi connectivity index (χ2v) is 8.67. The lowest BCUT2D eigenvalue weighted by Gasteiger charge is -2.44. The van der Waals surface area contributed by atoms with E-state index in [1.54, 1.807) is 31.7 Å². The maximum atomic E-state index is 13.5. The lowest BCUT2D eigenvalue weighted by Crippen LogP contribution is -2.58. The molecule has 2 aromatic rings. The van der Waals surface area contributed by atoms with Crippen LogP contribution in [0.4, 0.5) is 5.95 Å². The number of nitrogens with zero attached hydrogens (tertiary/aromatic N) is 6. The van der Waals surface area contributed by atoms with Gasteiger partial charge in [-0.1, -0.05) is 12.8 Å². The van der Waals surface area contributed by atoms with Gasteiger partial charge < -0.3 is 14.4 Å². The number of aromatic nitrogens is 2. The van der Waals surface area contributed by atoms with Gasteiger partial charge in [0.2, 0.25) is 5.95 Å². The molecule has 2 fully saturated rings. The third-order valence-electron chi connectivity index (χ3n) is 6.87. The molecule has 0 radical (unpaired) electrons. The predicted molar refractivity (Wildman–Crippen MR) is 124 cm³/mol. The summed E-state index contributed by atoms with van der Waals surface area (Å²) < 4.78 is 10.9. The van der Waals surface area contributed by atoms with Crippen LogP contribution in [0.1, 0.15) is 31.2 Å². The van der Waals surface area contributed by atoms with Gasteiger partial charge in [0, 0.05) is 56.0 Å². The van der Waals surface area contributed by atoms with Crippen LogP contribution in [0.25, 0.3) is 0 Å². The standard InChI is InChI=1S/C24H30N6O3/c1-32-20-9-8-17(16-21(20)33-2)22-18-6-3-4-7-19(18)23(31)30(27-22)29-14-12-28(13-15-29)24-25-10-5-11-26-24/h5,8-11,16,18-19H,3-4,6-7,12-15H2,1-2H3. The molecule has 2 unspecified atom stereocenters. The minimum absolute atomic E-state index is 0.0326. The van der Waals surface area contributed by atoms with Crippen molar-refractivity contribution in [3.8, 4) is 11.5 Å². The van der Waals surface area contributed by atoms with E-state index in [-0.39, 0.29) is 17.7 Å². The number of fused-ring (bicyclic) bond motifs is 1. The lowest BCUT2D eigenvalue weighted by atomic mass is 9.73. The number of hydrazine groups is 1. The Kier molecular flexibility index (Phi) is 6.13. The number of hydrogen-bond donors (Lipinski definition) is 0. The summed E-state index contributed by atoms with van der Waals surface area (Å²) in [5.74, 6) is 2.31. The topological polar surface area (TPSA) is 83.4 Å². The first kappa shape index (κ1) is 21.6. The van der Waals surface area contributed by atoms with Gasteiger partial charge >= 0.3 is 0 Å². The Morgan fingerprint density at radius 1 is 0.909 bits per heavy atom. The number of anilines is 1. The van der Waals surface area contributed by atoms with Crippen molar-refractivity contribution in [2.24, 2.45) is 16.9 Å². The maximum absolute atomic E-state index is 13.5. The van der Waals surface area contributed by atoms with Crippen LogP contribution in [0.2, 0.25) is 0 Å². The molecule has 3 heterocycles. The highest BCUT2D eigenvalue weighted by molar-refractivity contribution is 6.07. The van der Waals surface area contributed by atoms with E-state index < -0.39 is 0 Å². The maximum Gasteiger partial charge on any atom is 0.261 e. The Hall–Kier alpha value is -3.20. The molecule has 1 saturated heterocycles. The number of rotatable bonds is 5. The number of benzene rings is 1. The number of carbonyl (C=O) groups excluding carboxylic acids is 1. The third kappa shape index (κ3) is 4.13. The minimum atomic E-state index is -0.0326.